The lowest BCUT2D eigenvalue weighted by Gasteiger charge is -1.82. The summed E-state index contributed by atoms with van der Waals surface area (Å²) in [6.45, 7) is 0. The van der Waals surface area contributed by atoms with E-state index in [9.17, 15) is 0 Å². The Hall–Kier alpha value is -0.630. The van der Waals surface area contributed by atoms with Gasteiger partial charge in [0, 0.05) is 0 Å². The zero-order chi connectivity index (χ0) is 5.11. The molecule has 0 aliphatic carbocycles. The first-order valence-corrected chi connectivity index (χ1v) is 2.78. The van der Waals surface area contributed by atoms with E-state index in [-0.39, 0.29) is 18.8 Å². The standard InChI is InChI=1S/C6H7P.4FH/c7-6-4-2-1-3-5-6;;;;/h1-5H,7H2;4*1H. The molecule has 0 saturated carbocycles. The number of benzene rings is 1. The van der Waals surface area contributed by atoms with Gasteiger partial charge >= 0.3 is 0 Å². The van der Waals surface area contributed by atoms with Crippen LogP contribution >= 0.6 is 9.24 Å². The van der Waals surface area contributed by atoms with Gasteiger partial charge in [-0.2, -0.15) is 0 Å². The summed E-state index contributed by atoms with van der Waals surface area (Å²) in [5.41, 5.74) is 0. The van der Waals surface area contributed by atoms with Crippen LogP contribution in [0.15, 0.2) is 30.3 Å². The Morgan fingerprint density at radius 2 is 1.09 bits per heavy atom. The molecule has 0 amide bonds. The van der Waals surface area contributed by atoms with Crippen LogP contribution in [0.3, 0.4) is 0 Å². The molecule has 0 aromatic heterocycles. The van der Waals surface area contributed by atoms with Crippen LogP contribution in [0.25, 0.3) is 0 Å². The smallest absolute Gasteiger partial charge is 0.0303 e. The summed E-state index contributed by atoms with van der Waals surface area (Å²) in [6, 6.07) is 10.1. The minimum atomic E-state index is 0. The minimum absolute atomic E-state index is 0. The number of halogens is 4. The molecule has 0 heterocycles. The molecule has 0 bridgehead atoms. The molecule has 0 saturated heterocycles. The Balaban J connectivity index is -0.0000000612. The van der Waals surface area contributed by atoms with Crippen LogP contribution in [0.2, 0.25) is 0 Å². The highest BCUT2D eigenvalue weighted by Gasteiger charge is 1.72. The first kappa shape index (κ1) is 22.4. The molecule has 0 aliphatic heterocycles. The molecular formula is C6H11F4P. The normalized spacial score (nSPS) is 5.55. The predicted molar refractivity (Wildman–Crippen MR) is 45.8 cm³/mol. The number of hydrogen-bond acceptors (Lipinski definition) is 0. The van der Waals surface area contributed by atoms with E-state index in [1.807, 2.05) is 30.3 Å². The molecule has 1 unspecified atom stereocenters. The zero-order valence-electron chi connectivity index (χ0n) is 5.60. The first-order valence-electron chi connectivity index (χ1n) is 2.20. The van der Waals surface area contributed by atoms with Gasteiger partial charge in [0.05, 0.1) is 0 Å². The Kier molecular flexibility index (Phi) is 24.7. The van der Waals surface area contributed by atoms with Gasteiger partial charge in [-0.3, -0.25) is 18.8 Å². The van der Waals surface area contributed by atoms with Gasteiger partial charge in [0.25, 0.3) is 0 Å². The molecular weight excluding hydrogens is 179 g/mol. The third-order valence-electron chi connectivity index (χ3n) is 0.800. The maximum absolute atomic E-state index is 2.63. The summed E-state index contributed by atoms with van der Waals surface area (Å²) in [7, 11) is 2.63. The summed E-state index contributed by atoms with van der Waals surface area (Å²) in [4.78, 5) is 0. The topological polar surface area (TPSA) is 0 Å². The molecule has 0 spiro atoms. The van der Waals surface area contributed by atoms with E-state index >= 15 is 0 Å². The van der Waals surface area contributed by atoms with Crippen molar-refractivity contribution in [2.75, 3.05) is 0 Å². The highest BCUT2D eigenvalue weighted by atomic mass is 31.0. The molecule has 0 aliphatic rings. The Bertz CT molecular complexity index is 145. The average Bonchev–Trinajstić information content (AvgIpc) is 1.69. The van der Waals surface area contributed by atoms with Gasteiger partial charge in [-0.05, 0) is 5.30 Å². The van der Waals surface area contributed by atoms with Crippen LogP contribution in [0.5, 0.6) is 0 Å². The van der Waals surface area contributed by atoms with Crippen LogP contribution in [-0.4, -0.2) is 0 Å². The second-order valence-electron chi connectivity index (χ2n) is 1.41. The van der Waals surface area contributed by atoms with Gasteiger partial charge < -0.3 is 0 Å². The largest absolute Gasteiger partial charge is 0.269 e. The van der Waals surface area contributed by atoms with Gasteiger partial charge in [-0.25, -0.2) is 0 Å². The van der Waals surface area contributed by atoms with E-state index in [1.54, 1.807) is 0 Å². The van der Waals surface area contributed by atoms with E-state index in [4.69, 9.17) is 0 Å². The molecule has 5 heteroatoms. The molecule has 0 nitrogen and oxygen atoms in total. The van der Waals surface area contributed by atoms with Gasteiger partial charge in [-0.1, -0.05) is 30.3 Å². The van der Waals surface area contributed by atoms with Crippen molar-refractivity contribution < 1.29 is 18.8 Å². The highest BCUT2D eigenvalue weighted by molar-refractivity contribution is 7.27. The number of rotatable bonds is 0. The van der Waals surface area contributed by atoms with Gasteiger partial charge in [-0.15, -0.1) is 9.24 Å². The van der Waals surface area contributed by atoms with Crippen molar-refractivity contribution in [2.24, 2.45) is 0 Å². The fourth-order valence-corrected chi connectivity index (χ4v) is 0.675. The summed E-state index contributed by atoms with van der Waals surface area (Å²) in [5.74, 6) is 0. The molecule has 0 fully saturated rings. The summed E-state index contributed by atoms with van der Waals surface area (Å²) < 4.78 is 0. The highest BCUT2D eigenvalue weighted by Crippen LogP contribution is 1.86. The molecule has 68 valence electrons. The summed E-state index contributed by atoms with van der Waals surface area (Å²) >= 11 is 0. The zero-order valence-corrected chi connectivity index (χ0v) is 6.75. The van der Waals surface area contributed by atoms with Gasteiger partial charge in [0.15, 0.2) is 0 Å². The second-order valence-corrected chi connectivity index (χ2v) is 2.08. The van der Waals surface area contributed by atoms with Crippen molar-refractivity contribution in [3.05, 3.63) is 30.3 Å². The Labute approximate surface area is 64.7 Å². The quantitative estimate of drug-likeness (QED) is 0.432. The maximum Gasteiger partial charge on any atom is -0.0303 e. The van der Waals surface area contributed by atoms with E-state index < -0.39 is 0 Å². The molecule has 1 atom stereocenters. The lowest BCUT2D eigenvalue weighted by atomic mass is 10.4. The molecule has 1 aromatic carbocycles. The fraction of sp³-hybridized carbons (Fsp3) is 0. The van der Waals surface area contributed by atoms with E-state index in [0.717, 1.165) is 0 Å². The van der Waals surface area contributed by atoms with Crippen LogP contribution in [0, 0.1) is 0 Å². The van der Waals surface area contributed by atoms with Crippen LogP contribution in [0.1, 0.15) is 0 Å². The van der Waals surface area contributed by atoms with Gasteiger partial charge in [0.1, 0.15) is 0 Å². The monoisotopic (exact) mass is 190 g/mol. The van der Waals surface area contributed by atoms with Crippen LogP contribution in [0.4, 0.5) is 18.8 Å². The van der Waals surface area contributed by atoms with Crippen LogP contribution in [-0.2, 0) is 0 Å². The second kappa shape index (κ2) is 12.1. The molecule has 1 aromatic rings. The van der Waals surface area contributed by atoms with Crippen molar-refractivity contribution >= 4 is 14.5 Å². The minimum Gasteiger partial charge on any atom is -0.269 e. The van der Waals surface area contributed by atoms with Crippen molar-refractivity contribution in [1.29, 1.82) is 0 Å². The average molecular weight is 190 g/mol. The van der Waals surface area contributed by atoms with Crippen molar-refractivity contribution in [2.45, 2.75) is 0 Å². The Morgan fingerprint density at radius 3 is 1.27 bits per heavy atom. The van der Waals surface area contributed by atoms with Gasteiger partial charge in [0.2, 0.25) is 0 Å². The van der Waals surface area contributed by atoms with Crippen molar-refractivity contribution in [3.8, 4) is 0 Å². The SMILES string of the molecule is F.F.F.F.Pc1ccccc1. The van der Waals surface area contributed by atoms with Crippen molar-refractivity contribution in [1.82, 2.24) is 0 Å². The third-order valence-corrected chi connectivity index (χ3v) is 1.18. The third kappa shape index (κ3) is 9.37. The number of hydrogen-bond donors (Lipinski definition) is 0. The van der Waals surface area contributed by atoms with E-state index in [1.165, 1.54) is 5.30 Å². The lowest BCUT2D eigenvalue weighted by molar-refractivity contribution is 1.11. The van der Waals surface area contributed by atoms with Crippen molar-refractivity contribution in [3.63, 3.8) is 0 Å². The summed E-state index contributed by atoms with van der Waals surface area (Å²) in [6.07, 6.45) is 0. The molecule has 0 N–H and O–H groups in total. The fourth-order valence-electron chi connectivity index (χ4n) is 0.453. The molecule has 11 heavy (non-hydrogen) atoms. The molecule has 1 rings (SSSR count). The Morgan fingerprint density at radius 1 is 0.727 bits per heavy atom. The lowest BCUT2D eigenvalue weighted by Crippen LogP contribution is -1.82. The maximum atomic E-state index is 2.63. The van der Waals surface area contributed by atoms with E-state index in [2.05, 4.69) is 9.24 Å². The molecule has 0 radical (unpaired) electrons. The first-order chi connectivity index (χ1) is 3.39. The van der Waals surface area contributed by atoms with E-state index in [0.29, 0.717) is 0 Å². The van der Waals surface area contributed by atoms with Crippen LogP contribution < -0.4 is 5.30 Å². The summed E-state index contributed by atoms with van der Waals surface area (Å²) in [5, 5.41) is 1.24. The predicted octanol–water partition coefficient (Wildman–Crippen LogP) is 1.80.